The second kappa shape index (κ2) is 18.1. The van der Waals surface area contributed by atoms with Gasteiger partial charge >= 0.3 is 11.9 Å². The highest BCUT2D eigenvalue weighted by atomic mass is 35.5. The molecule has 12 nitrogen and oxygen atoms in total. The molecular weight excluding hydrogens is 787 g/mol. The van der Waals surface area contributed by atoms with Crippen LogP contribution in [0.3, 0.4) is 0 Å². The summed E-state index contributed by atoms with van der Waals surface area (Å²) in [5.41, 5.74) is 5.05. The molecular formula is C44H50Cl2N2O10. The van der Waals surface area contributed by atoms with E-state index in [0.717, 1.165) is 47.9 Å². The number of halogens is 2. The van der Waals surface area contributed by atoms with E-state index < -0.39 is 36.2 Å². The lowest BCUT2D eigenvalue weighted by atomic mass is 9.91. The number of aliphatic carboxylic acids is 2. The number of carboxylic acids is 2. The van der Waals surface area contributed by atoms with Gasteiger partial charge in [0.2, 0.25) is 0 Å². The first kappa shape index (κ1) is 43.0. The third-order valence-corrected chi connectivity index (χ3v) is 11.6. The first-order valence-electron chi connectivity index (χ1n) is 19.4. The number of benzene rings is 4. The number of ether oxygens (including phenoxy) is 4. The van der Waals surface area contributed by atoms with Gasteiger partial charge in [-0.3, -0.25) is 20.2 Å². The van der Waals surface area contributed by atoms with E-state index in [1.165, 1.54) is 25.0 Å². The lowest BCUT2D eigenvalue weighted by molar-refractivity contribution is -0.146. The van der Waals surface area contributed by atoms with E-state index >= 15 is 0 Å². The van der Waals surface area contributed by atoms with Crippen molar-refractivity contribution in [3.8, 4) is 34.1 Å². The second-order valence-corrected chi connectivity index (χ2v) is 15.8. The Hall–Kier alpha value is -4.56. The Bertz CT molecular complexity index is 2010. The summed E-state index contributed by atoms with van der Waals surface area (Å²) in [5, 5.41) is 45.1. The SMILES string of the molecule is CCOc1cc(O[C@H]2CCc3c(-c4cccc5c4CC[C@@H]5Oc4cc(OCC)c(CNC(C)(CO)C(=O)O)cc4Cl)cccc32)c(Cl)cc1CNC(C)(CO)C(=O)O. The highest BCUT2D eigenvalue weighted by Gasteiger charge is 2.35. The number of carbonyl (C=O) groups is 2. The molecule has 0 heterocycles. The fourth-order valence-corrected chi connectivity index (χ4v) is 7.92. The quantitative estimate of drug-likeness (QED) is 0.0552. The van der Waals surface area contributed by atoms with Crippen LogP contribution in [0.15, 0.2) is 60.7 Å². The van der Waals surface area contributed by atoms with Crippen LogP contribution in [0.5, 0.6) is 23.0 Å². The molecule has 2 unspecified atom stereocenters. The number of hydrogen-bond donors (Lipinski definition) is 6. The van der Waals surface area contributed by atoms with Gasteiger partial charge in [0, 0.05) is 36.3 Å². The molecule has 4 atom stereocenters. The largest absolute Gasteiger partial charge is 0.493 e. The summed E-state index contributed by atoms with van der Waals surface area (Å²) < 4.78 is 25.0. The summed E-state index contributed by atoms with van der Waals surface area (Å²) in [5.74, 6) is -0.411. The maximum atomic E-state index is 11.7. The van der Waals surface area contributed by atoms with Crippen molar-refractivity contribution in [1.29, 1.82) is 0 Å². The molecule has 6 N–H and O–H groups in total. The Labute approximate surface area is 348 Å². The van der Waals surface area contributed by atoms with Crippen LogP contribution in [0.2, 0.25) is 10.0 Å². The minimum atomic E-state index is -1.53. The lowest BCUT2D eigenvalue weighted by Gasteiger charge is -2.25. The molecule has 0 saturated heterocycles. The molecule has 14 heteroatoms. The van der Waals surface area contributed by atoms with Crippen LogP contribution in [0.1, 0.15) is 86.1 Å². The Balaban J connectivity index is 1.22. The summed E-state index contributed by atoms with van der Waals surface area (Å²) in [6.45, 7) is 6.33. The molecule has 0 spiro atoms. The molecule has 2 aliphatic carbocycles. The third-order valence-electron chi connectivity index (χ3n) is 11.0. The lowest BCUT2D eigenvalue weighted by Crippen LogP contribution is -2.52. The molecule has 58 heavy (non-hydrogen) atoms. The fraction of sp³-hybridized carbons (Fsp3) is 0.409. The average molecular weight is 838 g/mol. The highest BCUT2D eigenvalue weighted by molar-refractivity contribution is 6.32. The van der Waals surface area contributed by atoms with Gasteiger partial charge in [0.25, 0.3) is 0 Å². The Morgan fingerprint density at radius 1 is 0.672 bits per heavy atom. The molecule has 6 rings (SSSR count). The maximum Gasteiger partial charge on any atom is 0.326 e. The number of aliphatic hydroxyl groups excluding tert-OH is 2. The number of hydrogen-bond acceptors (Lipinski definition) is 10. The standard InChI is InChI=1S/C44H50Cl2N2O10/c1-5-55-37-19-39(33(45)17-25(37)21-47-43(3,23-49)41(51)52)57-35-15-13-29-27(9-7-11-31(29)35)28-10-8-12-32-30(28)14-16-36(32)58-40-20-38(56-6-2)26(18-34(40)46)22-48-44(4,24-50)42(53)54/h7-12,17-20,35-36,47-50H,5-6,13-16,21-24H2,1-4H3,(H,51,52)(H,53,54)/t35-,36-,43?,44?/m0/s1. The Morgan fingerprint density at radius 3 is 1.41 bits per heavy atom. The summed E-state index contributed by atoms with van der Waals surface area (Å²) >= 11 is 13.5. The minimum Gasteiger partial charge on any atom is -0.493 e. The summed E-state index contributed by atoms with van der Waals surface area (Å²) in [6, 6.07) is 19.5. The molecule has 0 fully saturated rings. The molecule has 0 bridgehead atoms. The van der Waals surface area contributed by atoms with E-state index in [0.29, 0.717) is 57.4 Å². The van der Waals surface area contributed by atoms with E-state index in [1.54, 1.807) is 24.3 Å². The van der Waals surface area contributed by atoms with Crippen molar-refractivity contribution in [2.75, 3.05) is 26.4 Å². The van der Waals surface area contributed by atoms with Crippen LogP contribution in [-0.4, -0.2) is 69.9 Å². The molecule has 310 valence electrons. The van der Waals surface area contributed by atoms with E-state index in [-0.39, 0.29) is 25.3 Å². The molecule has 0 radical (unpaired) electrons. The number of rotatable bonds is 19. The van der Waals surface area contributed by atoms with E-state index in [9.17, 15) is 30.0 Å². The van der Waals surface area contributed by atoms with Crippen molar-refractivity contribution in [3.63, 3.8) is 0 Å². The average Bonchev–Trinajstić information content (AvgIpc) is 3.82. The van der Waals surface area contributed by atoms with Crippen LogP contribution in [0, 0.1) is 0 Å². The molecule has 0 aliphatic heterocycles. The first-order valence-corrected chi connectivity index (χ1v) is 20.2. The van der Waals surface area contributed by atoms with Gasteiger partial charge in [0.15, 0.2) is 0 Å². The molecule has 0 saturated carbocycles. The molecule has 4 aromatic rings. The summed E-state index contributed by atoms with van der Waals surface area (Å²) in [6.07, 6.45) is 2.56. The zero-order chi connectivity index (χ0) is 41.8. The van der Waals surface area contributed by atoms with Crippen molar-refractivity contribution < 1.29 is 49.0 Å². The van der Waals surface area contributed by atoms with Gasteiger partial charge < -0.3 is 39.4 Å². The van der Waals surface area contributed by atoms with Crippen molar-refractivity contribution in [2.24, 2.45) is 0 Å². The van der Waals surface area contributed by atoms with Crippen molar-refractivity contribution in [1.82, 2.24) is 10.6 Å². The monoisotopic (exact) mass is 836 g/mol. The maximum absolute atomic E-state index is 11.7. The highest BCUT2D eigenvalue weighted by Crippen LogP contribution is 2.47. The van der Waals surface area contributed by atoms with Gasteiger partial charge in [0.1, 0.15) is 46.3 Å². The Morgan fingerprint density at radius 2 is 1.07 bits per heavy atom. The molecule has 4 aromatic carbocycles. The predicted octanol–water partition coefficient (Wildman–Crippen LogP) is 7.44. The van der Waals surface area contributed by atoms with Crippen molar-refractivity contribution in [3.05, 3.63) is 104 Å². The summed E-state index contributed by atoms with van der Waals surface area (Å²) in [4.78, 5) is 23.5. The van der Waals surface area contributed by atoms with Gasteiger partial charge in [-0.25, -0.2) is 0 Å². The molecule has 2 aliphatic rings. The van der Waals surface area contributed by atoms with E-state index in [1.807, 2.05) is 26.0 Å². The van der Waals surface area contributed by atoms with Gasteiger partial charge in [-0.1, -0.05) is 59.6 Å². The normalized spacial score (nSPS) is 17.8. The second-order valence-electron chi connectivity index (χ2n) is 15.0. The number of carboxylic acid groups (broad SMARTS) is 2. The first-order chi connectivity index (χ1) is 27.7. The van der Waals surface area contributed by atoms with Crippen LogP contribution in [0.25, 0.3) is 11.1 Å². The van der Waals surface area contributed by atoms with Crippen molar-refractivity contribution in [2.45, 2.75) is 89.8 Å². The van der Waals surface area contributed by atoms with E-state index in [4.69, 9.17) is 42.1 Å². The van der Waals surface area contributed by atoms with Crippen LogP contribution in [0.4, 0.5) is 0 Å². The zero-order valence-electron chi connectivity index (χ0n) is 33.0. The predicted molar refractivity (Wildman–Crippen MR) is 220 cm³/mol. The minimum absolute atomic E-state index is 0.106. The zero-order valence-corrected chi connectivity index (χ0v) is 34.5. The van der Waals surface area contributed by atoms with Gasteiger partial charge in [-0.2, -0.15) is 0 Å². The van der Waals surface area contributed by atoms with Gasteiger partial charge in [0.05, 0.1) is 36.5 Å². The van der Waals surface area contributed by atoms with Gasteiger partial charge in [-0.15, -0.1) is 0 Å². The van der Waals surface area contributed by atoms with Gasteiger partial charge in [-0.05, 0) is 98.9 Å². The van der Waals surface area contributed by atoms with Crippen LogP contribution < -0.4 is 29.6 Å². The van der Waals surface area contributed by atoms with Crippen LogP contribution in [-0.2, 0) is 35.5 Å². The molecule has 0 aromatic heterocycles. The number of fused-ring (bicyclic) bond motifs is 2. The fourth-order valence-electron chi connectivity index (χ4n) is 7.46. The smallest absolute Gasteiger partial charge is 0.326 e. The number of aliphatic hydroxyl groups is 2. The van der Waals surface area contributed by atoms with Crippen LogP contribution >= 0.6 is 23.2 Å². The Kier molecular flexibility index (Phi) is 13.5. The molecule has 0 amide bonds. The number of nitrogens with one attached hydrogen (secondary N) is 2. The topological polar surface area (TPSA) is 176 Å². The van der Waals surface area contributed by atoms with E-state index in [2.05, 4.69) is 34.9 Å². The summed E-state index contributed by atoms with van der Waals surface area (Å²) in [7, 11) is 0. The van der Waals surface area contributed by atoms with Crippen molar-refractivity contribution >= 4 is 35.1 Å². The third kappa shape index (κ3) is 8.87.